The molecule has 10 heteroatoms. The molecule has 0 bridgehead atoms. The second-order valence-electron chi connectivity index (χ2n) is 5.69. The van der Waals surface area contributed by atoms with Crippen LogP contribution in [0.25, 0.3) is 0 Å². The van der Waals surface area contributed by atoms with E-state index in [9.17, 15) is 22.8 Å². The number of amides is 3. The van der Waals surface area contributed by atoms with Gasteiger partial charge in [0.1, 0.15) is 0 Å². The van der Waals surface area contributed by atoms with Gasteiger partial charge < -0.3 is 10.6 Å². The first-order valence-electron chi connectivity index (χ1n) is 7.52. The molecular formula is C15H18ClN3O5S. The van der Waals surface area contributed by atoms with Gasteiger partial charge in [0.15, 0.2) is 0 Å². The largest absolute Gasteiger partial charge is 0.355 e. The van der Waals surface area contributed by atoms with E-state index in [1.54, 1.807) is 0 Å². The lowest BCUT2D eigenvalue weighted by Gasteiger charge is -2.17. The fourth-order valence-electron chi connectivity index (χ4n) is 2.39. The van der Waals surface area contributed by atoms with Crippen molar-refractivity contribution in [1.82, 2.24) is 10.6 Å². The summed E-state index contributed by atoms with van der Waals surface area (Å²) >= 11 is 6.05. The molecule has 1 unspecified atom stereocenters. The van der Waals surface area contributed by atoms with Crippen molar-refractivity contribution in [3.8, 4) is 0 Å². The Morgan fingerprint density at radius 3 is 2.48 bits per heavy atom. The summed E-state index contributed by atoms with van der Waals surface area (Å²) in [5, 5.41) is 5.17. The molecule has 1 aromatic rings. The quantitative estimate of drug-likeness (QED) is 0.715. The van der Waals surface area contributed by atoms with Gasteiger partial charge in [-0.15, -0.1) is 0 Å². The number of sulfonamides is 1. The van der Waals surface area contributed by atoms with Gasteiger partial charge in [0.25, 0.3) is 5.91 Å². The van der Waals surface area contributed by atoms with Crippen LogP contribution in [0.4, 0.5) is 5.69 Å². The van der Waals surface area contributed by atoms with Crippen LogP contribution in [-0.2, 0) is 19.6 Å². The number of anilines is 1. The third-order valence-corrected chi connectivity index (χ3v) is 5.75. The number of nitrogens with zero attached hydrogens (tertiary/aromatic N) is 1. The van der Waals surface area contributed by atoms with Gasteiger partial charge in [-0.25, -0.2) is 12.7 Å². The van der Waals surface area contributed by atoms with Gasteiger partial charge in [-0.3, -0.25) is 14.4 Å². The van der Waals surface area contributed by atoms with Crippen molar-refractivity contribution in [2.45, 2.75) is 13.8 Å². The van der Waals surface area contributed by atoms with Crippen LogP contribution in [0, 0.1) is 5.92 Å². The maximum absolute atomic E-state index is 12.2. The van der Waals surface area contributed by atoms with Crippen LogP contribution in [0.15, 0.2) is 18.2 Å². The van der Waals surface area contributed by atoms with Crippen molar-refractivity contribution >= 4 is 45.0 Å². The maximum atomic E-state index is 12.2. The lowest BCUT2D eigenvalue weighted by atomic mass is 10.1. The minimum absolute atomic E-state index is 0.0365. The summed E-state index contributed by atoms with van der Waals surface area (Å²) in [5.74, 6) is -2.23. The van der Waals surface area contributed by atoms with Crippen LogP contribution in [0.2, 0.25) is 5.02 Å². The second-order valence-corrected chi connectivity index (χ2v) is 7.96. The number of rotatable bonds is 5. The van der Waals surface area contributed by atoms with Crippen LogP contribution >= 0.6 is 11.6 Å². The Morgan fingerprint density at radius 1 is 1.28 bits per heavy atom. The first-order valence-corrected chi connectivity index (χ1v) is 9.51. The van der Waals surface area contributed by atoms with Gasteiger partial charge >= 0.3 is 0 Å². The Morgan fingerprint density at radius 2 is 1.92 bits per heavy atom. The van der Waals surface area contributed by atoms with Gasteiger partial charge in [-0.05, 0) is 18.2 Å². The molecule has 0 radical (unpaired) electrons. The number of carbonyl (C=O) groups excluding carboxylic acids is 3. The second kappa shape index (κ2) is 7.40. The summed E-state index contributed by atoms with van der Waals surface area (Å²) in [6.07, 6.45) is 0. The number of carbonyl (C=O) groups is 3. The molecule has 1 atom stereocenters. The monoisotopic (exact) mass is 387 g/mol. The molecule has 1 aliphatic heterocycles. The van der Waals surface area contributed by atoms with E-state index in [2.05, 4.69) is 10.6 Å². The predicted octanol–water partition coefficient (Wildman–Crippen LogP) is 0.518. The van der Waals surface area contributed by atoms with E-state index >= 15 is 0 Å². The molecule has 0 aromatic heterocycles. The van der Waals surface area contributed by atoms with Crippen molar-refractivity contribution in [3.05, 3.63) is 28.8 Å². The molecule has 1 heterocycles. The molecule has 0 aliphatic carbocycles. The Hall–Kier alpha value is -2.13. The van der Waals surface area contributed by atoms with Gasteiger partial charge in [-0.1, -0.05) is 18.5 Å². The number of benzene rings is 1. The molecule has 1 fully saturated rings. The number of halogens is 1. The van der Waals surface area contributed by atoms with Gasteiger partial charge in [0, 0.05) is 25.6 Å². The molecule has 2 N–H and O–H groups in total. The molecule has 2 rings (SSSR count). The van der Waals surface area contributed by atoms with E-state index < -0.39 is 27.8 Å². The lowest BCUT2D eigenvalue weighted by molar-refractivity contribution is -0.120. The van der Waals surface area contributed by atoms with E-state index in [0.717, 1.165) is 0 Å². The molecule has 3 amide bonds. The Kier molecular flexibility index (Phi) is 5.69. The average Bonchev–Trinajstić information content (AvgIpc) is 2.72. The van der Waals surface area contributed by atoms with E-state index in [-0.39, 0.29) is 41.0 Å². The SMILES string of the molecule is CC(=O)NCCNC(=O)c1ccc(Cl)c(N2C(=O)C(C)CS2(=O)=O)c1. The lowest BCUT2D eigenvalue weighted by Crippen LogP contribution is -2.34. The molecule has 1 saturated heterocycles. The predicted molar refractivity (Wildman–Crippen MR) is 92.9 cm³/mol. The molecule has 0 saturated carbocycles. The van der Waals surface area contributed by atoms with E-state index in [1.807, 2.05) is 0 Å². The third kappa shape index (κ3) is 4.29. The Bertz CT molecular complexity index is 824. The van der Waals surface area contributed by atoms with Crippen LogP contribution in [0.5, 0.6) is 0 Å². The molecule has 25 heavy (non-hydrogen) atoms. The fourth-order valence-corrected chi connectivity index (χ4v) is 4.47. The minimum atomic E-state index is -3.81. The number of nitrogens with one attached hydrogen (secondary N) is 2. The molecule has 8 nitrogen and oxygen atoms in total. The highest BCUT2D eigenvalue weighted by Gasteiger charge is 2.42. The van der Waals surface area contributed by atoms with Crippen molar-refractivity contribution in [2.24, 2.45) is 5.92 Å². The van der Waals surface area contributed by atoms with Crippen molar-refractivity contribution in [1.29, 1.82) is 0 Å². The third-order valence-electron chi connectivity index (χ3n) is 3.57. The highest BCUT2D eigenvalue weighted by Crippen LogP contribution is 2.34. The Labute approximate surface area is 150 Å². The highest BCUT2D eigenvalue weighted by molar-refractivity contribution is 7.94. The smallest absolute Gasteiger partial charge is 0.251 e. The molecule has 0 spiro atoms. The minimum Gasteiger partial charge on any atom is -0.355 e. The van der Waals surface area contributed by atoms with Crippen LogP contribution < -0.4 is 14.9 Å². The first kappa shape index (κ1) is 19.2. The van der Waals surface area contributed by atoms with Crippen molar-refractivity contribution in [2.75, 3.05) is 23.1 Å². The van der Waals surface area contributed by atoms with E-state index in [0.29, 0.717) is 4.31 Å². The molecule has 1 aromatic carbocycles. The summed E-state index contributed by atoms with van der Waals surface area (Å²) in [4.78, 5) is 35.1. The van der Waals surface area contributed by atoms with Gasteiger partial charge in [0.05, 0.1) is 22.4 Å². The summed E-state index contributed by atoms with van der Waals surface area (Å²) in [6, 6.07) is 4.06. The zero-order valence-electron chi connectivity index (χ0n) is 13.7. The standard InChI is InChI=1S/C15H18ClN3O5S/c1-9-8-25(23,24)19(15(9)22)13-7-11(3-4-12(13)16)14(21)18-6-5-17-10(2)20/h3-4,7,9H,5-6,8H2,1-2H3,(H,17,20)(H,18,21). The van der Waals surface area contributed by atoms with E-state index in [1.165, 1.54) is 32.0 Å². The summed E-state index contributed by atoms with van der Waals surface area (Å²) < 4.78 is 25.1. The topological polar surface area (TPSA) is 113 Å². The number of hydrogen-bond acceptors (Lipinski definition) is 5. The normalized spacial score (nSPS) is 18.9. The molecular weight excluding hydrogens is 370 g/mol. The summed E-state index contributed by atoms with van der Waals surface area (Å²) in [7, 11) is -3.81. The van der Waals surface area contributed by atoms with Gasteiger partial charge in [-0.2, -0.15) is 0 Å². The number of hydrogen-bond donors (Lipinski definition) is 2. The zero-order valence-corrected chi connectivity index (χ0v) is 15.3. The first-order chi connectivity index (χ1) is 11.6. The van der Waals surface area contributed by atoms with E-state index in [4.69, 9.17) is 11.6 Å². The average molecular weight is 388 g/mol. The van der Waals surface area contributed by atoms with Gasteiger partial charge in [0.2, 0.25) is 21.8 Å². The molecule has 1 aliphatic rings. The van der Waals surface area contributed by atoms with Crippen LogP contribution in [0.1, 0.15) is 24.2 Å². The van der Waals surface area contributed by atoms with Crippen molar-refractivity contribution < 1.29 is 22.8 Å². The van der Waals surface area contributed by atoms with Crippen LogP contribution in [-0.4, -0.2) is 45.0 Å². The summed E-state index contributed by atoms with van der Waals surface area (Å²) in [5.41, 5.74) is 0.121. The van der Waals surface area contributed by atoms with Crippen LogP contribution in [0.3, 0.4) is 0 Å². The molecule has 136 valence electrons. The Balaban J connectivity index is 2.22. The van der Waals surface area contributed by atoms with Crippen molar-refractivity contribution in [3.63, 3.8) is 0 Å². The summed E-state index contributed by atoms with van der Waals surface area (Å²) in [6.45, 7) is 3.35. The zero-order chi connectivity index (χ0) is 18.8. The highest BCUT2D eigenvalue weighted by atomic mass is 35.5. The fraction of sp³-hybridized carbons (Fsp3) is 0.400. The maximum Gasteiger partial charge on any atom is 0.251 e.